The van der Waals surface area contributed by atoms with E-state index in [0.29, 0.717) is 0 Å². The largest absolute Gasteiger partial charge is 0.309 e. The fraction of sp³-hybridized carbons (Fsp3) is 0.571. The second-order valence-corrected chi connectivity index (χ2v) is 5.14. The van der Waals surface area contributed by atoms with Crippen LogP contribution in [0.5, 0.6) is 0 Å². The molecule has 1 aromatic carbocycles. The Labute approximate surface area is 93.1 Å². The summed E-state index contributed by atoms with van der Waals surface area (Å²) in [5.74, 6) is 0.857. The lowest BCUT2D eigenvalue weighted by Crippen LogP contribution is -2.26. The summed E-state index contributed by atoms with van der Waals surface area (Å²) in [4.78, 5) is 2.31. The fourth-order valence-corrected chi connectivity index (χ4v) is 2.63. The highest BCUT2D eigenvalue weighted by atomic mass is 15.1. The van der Waals surface area contributed by atoms with E-state index in [-0.39, 0.29) is 0 Å². The van der Waals surface area contributed by atoms with E-state index in [9.17, 15) is 0 Å². The molecule has 82 valence electrons. The van der Waals surface area contributed by atoms with Crippen molar-refractivity contribution in [1.82, 2.24) is 4.90 Å². The maximum absolute atomic E-state index is 2.36. The molecule has 15 heavy (non-hydrogen) atoms. The summed E-state index contributed by atoms with van der Waals surface area (Å²) in [5.41, 5.74) is 4.57. The van der Waals surface area contributed by atoms with Crippen LogP contribution >= 0.6 is 0 Å². The lowest BCUT2D eigenvalue weighted by Gasteiger charge is -2.27. The average molecular weight is 203 g/mol. The molecule has 1 nitrogen and oxygen atoms in total. The molecule has 1 aromatic rings. The van der Waals surface area contributed by atoms with Gasteiger partial charge < -0.3 is 4.90 Å². The smallest absolute Gasteiger partial charge is 0.000685 e. The quantitative estimate of drug-likeness (QED) is 0.714. The number of nitrogens with zero attached hydrogens (tertiary/aromatic N) is 1. The van der Waals surface area contributed by atoms with Crippen LogP contribution < -0.4 is 0 Å². The van der Waals surface area contributed by atoms with Crippen LogP contribution in [0.15, 0.2) is 18.2 Å². The standard InChI is InChI=1S/C14H21N/c1-11-4-6-14-9-12(10-15(2)3)5-7-13(14)8-11/h4,6,8,12H,5,7,9-10H2,1-3H3. The van der Waals surface area contributed by atoms with E-state index in [1.165, 1.54) is 31.4 Å². The second kappa shape index (κ2) is 4.36. The molecular formula is C14H21N. The van der Waals surface area contributed by atoms with E-state index in [2.05, 4.69) is 44.1 Å². The molecule has 0 aliphatic heterocycles. The third kappa shape index (κ3) is 2.60. The van der Waals surface area contributed by atoms with Gasteiger partial charge in [-0.1, -0.05) is 23.8 Å². The van der Waals surface area contributed by atoms with Crippen molar-refractivity contribution >= 4 is 0 Å². The van der Waals surface area contributed by atoms with Gasteiger partial charge in [0.2, 0.25) is 0 Å². The highest BCUT2D eigenvalue weighted by Gasteiger charge is 2.18. The van der Waals surface area contributed by atoms with Gasteiger partial charge in [-0.25, -0.2) is 0 Å². The Bertz CT molecular complexity index is 341. The van der Waals surface area contributed by atoms with Gasteiger partial charge in [-0.05, 0) is 57.3 Å². The van der Waals surface area contributed by atoms with Crippen LogP contribution in [0.3, 0.4) is 0 Å². The molecular weight excluding hydrogens is 182 g/mol. The van der Waals surface area contributed by atoms with Gasteiger partial charge in [0.15, 0.2) is 0 Å². The summed E-state index contributed by atoms with van der Waals surface area (Å²) in [6.45, 7) is 3.42. The highest BCUT2D eigenvalue weighted by molar-refractivity contribution is 5.33. The minimum Gasteiger partial charge on any atom is -0.309 e. The minimum atomic E-state index is 0.857. The number of benzene rings is 1. The van der Waals surface area contributed by atoms with Crippen LogP contribution in [-0.4, -0.2) is 25.5 Å². The maximum atomic E-state index is 2.36. The van der Waals surface area contributed by atoms with E-state index < -0.39 is 0 Å². The summed E-state index contributed by atoms with van der Waals surface area (Å²) >= 11 is 0. The molecule has 1 aliphatic rings. The first-order valence-electron chi connectivity index (χ1n) is 5.88. The average Bonchev–Trinajstić information content (AvgIpc) is 2.17. The summed E-state index contributed by atoms with van der Waals surface area (Å²) in [6, 6.07) is 6.94. The zero-order chi connectivity index (χ0) is 10.8. The number of rotatable bonds is 2. The van der Waals surface area contributed by atoms with Crippen molar-refractivity contribution in [2.45, 2.75) is 26.2 Å². The van der Waals surface area contributed by atoms with Crippen LogP contribution in [-0.2, 0) is 12.8 Å². The molecule has 1 unspecified atom stereocenters. The van der Waals surface area contributed by atoms with Crippen molar-refractivity contribution in [2.24, 2.45) is 5.92 Å². The highest BCUT2D eigenvalue weighted by Crippen LogP contribution is 2.26. The third-order valence-corrected chi connectivity index (χ3v) is 3.32. The second-order valence-electron chi connectivity index (χ2n) is 5.14. The van der Waals surface area contributed by atoms with E-state index in [0.717, 1.165) is 5.92 Å². The predicted molar refractivity (Wildman–Crippen MR) is 65.2 cm³/mol. The Kier molecular flexibility index (Phi) is 3.11. The van der Waals surface area contributed by atoms with Crippen molar-refractivity contribution in [2.75, 3.05) is 20.6 Å². The predicted octanol–water partition coefficient (Wildman–Crippen LogP) is 2.66. The van der Waals surface area contributed by atoms with Crippen LogP contribution in [0.25, 0.3) is 0 Å². The molecule has 0 radical (unpaired) electrons. The zero-order valence-electron chi connectivity index (χ0n) is 10.1. The van der Waals surface area contributed by atoms with Gasteiger partial charge in [-0.2, -0.15) is 0 Å². The molecule has 0 fully saturated rings. The first-order valence-corrected chi connectivity index (χ1v) is 5.88. The molecule has 1 heteroatoms. The molecule has 0 saturated carbocycles. The van der Waals surface area contributed by atoms with Gasteiger partial charge in [-0.3, -0.25) is 0 Å². The molecule has 1 atom stereocenters. The lowest BCUT2D eigenvalue weighted by molar-refractivity contribution is 0.302. The van der Waals surface area contributed by atoms with Crippen molar-refractivity contribution in [3.05, 3.63) is 34.9 Å². The van der Waals surface area contributed by atoms with E-state index in [1.807, 2.05) is 0 Å². The summed E-state index contributed by atoms with van der Waals surface area (Å²) in [5, 5.41) is 0. The molecule has 0 spiro atoms. The zero-order valence-corrected chi connectivity index (χ0v) is 10.1. The summed E-state index contributed by atoms with van der Waals surface area (Å²) < 4.78 is 0. The third-order valence-electron chi connectivity index (χ3n) is 3.32. The first-order chi connectivity index (χ1) is 7.15. The van der Waals surface area contributed by atoms with Gasteiger partial charge in [0.05, 0.1) is 0 Å². The number of aryl methyl sites for hydroxylation is 2. The molecule has 0 aromatic heterocycles. The SMILES string of the molecule is Cc1ccc2c(c1)CCC(CN(C)C)C2. The van der Waals surface area contributed by atoms with Crippen molar-refractivity contribution in [3.63, 3.8) is 0 Å². The van der Waals surface area contributed by atoms with Gasteiger partial charge in [-0.15, -0.1) is 0 Å². The minimum absolute atomic E-state index is 0.857. The van der Waals surface area contributed by atoms with E-state index in [4.69, 9.17) is 0 Å². The van der Waals surface area contributed by atoms with E-state index in [1.54, 1.807) is 11.1 Å². The van der Waals surface area contributed by atoms with Crippen LogP contribution in [0.2, 0.25) is 0 Å². The molecule has 0 heterocycles. The summed E-state index contributed by atoms with van der Waals surface area (Å²) in [7, 11) is 4.34. The first kappa shape index (κ1) is 10.7. The van der Waals surface area contributed by atoms with Crippen LogP contribution in [0, 0.1) is 12.8 Å². The van der Waals surface area contributed by atoms with Crippen LogP contribution in [0.1, 0.15) is 23.1 Å². The van der Waals surface area contributed by atoms with Crippen LogP contribution in [0.4, 0.5) is 0 Å². The lowest BCUT2D eigenvalue weighted by atomic mass is 9.83. The fourth-order valence-electron chi connectivity index (χ4n) is 2.63. The topological polar surface area (TPSA) is 3.24 Å². The molecule has 2 rings (SSSR count). The van der Waals surface area contributed by atoms with Gasteiger partial charge >= 0.3 is 0 Å². The maximum Gasteiger partial charge on any atom is 0.000685 e. The Balaban J connectivity index is 2.10. The van der Waals surface area contributed by atoms with Gasteiger partial charge in [0.1, 0.15) is 0 Å². The normalized spacial score (nSPS) is 20.4. The van der Waals surface area contributed by atoms with Crippen molar-refractivity contribution < 1.29 is 0 Å². The molecule has 0 N–H and O–H groups in total. The van der Waals surface area contributed by atoms with Crippen molar-refractivity contribution in [3.8, 4) is 0 Å². The Morgan fingerprint density at radius 2 is 2.07 bits per heavy atom. The number of hydrogen-bond acceptors (Lipinski definition) is 1. The summed E-state index contributed by atoms with van der Waals surface area (Å²) in [6.07, 6.45) is 3.90. The Hall–Kier alpha value is -0.820. The van der Waals surface area contributed by atoms with Gasteiger partial charge in [0, 0.05) is 6.54 Å². The number of hydrogen-bond donors (Lipinski definition) is 0. The Morgan fingerprint density at radius 3 is 2.80 bits per heavy atom. The van der Waals surface area contributed by atoms with Crippen molar-refractivity contribution in [1.29, 1.82) is 0 Å². The molecule has 1 aliphatic carbocycles. The van der Waals surface area contributed by atoms with Gasteiger partial charge in [0.25, 0.3) is 0 Å². The number of fused-ring (bicyclic) bond motifs is 1. The molecule has 0 saturated heterocycles. The Morgan fingerprint density at radius 1 is 1.27 bits per heavy atom. The molecule has 0 amide bonds. The monoisotopic (exact) mass is 203 g/mol. The molecule has 0 bridgehead atoms. The van der Waals surface area contributed by atoms with E-state index >= 15 is 0 Å².